The van der Waals surface area contributed by atoms with Crippen molar-refractivity contribution < 1.29 is 9.59 Å². The Morgan fingerprint density at radius 2 is 1.87 bits per heavy atom. The van der Waals surface area contributed by atoms with Crippen molar-refractivity contribution in [2.75, 3.05) is 13.1 Å². The van der Waals surface area contributed by atoms with Crippen molar-refractivity contribution in [3.05, 3.63) is 59.0 Å². The lowest BCUT2D eigenvalue weighted by Gasteiger charge is -2.40. The maximum atomic E-state index is 12.8. The number of aryl methyl sites for hydroxylation is 2. The minimum atomic E-state index is -0.649. The largest absolute Gasteiger partial charge is 0.369 e. The predicted molar refractivity (Wildman–Crippen MR) is 120 cm³/mol. The molecular weight excluding hydrogens is 410 g/mol. The molecule has 162 valence electrons. The summed E-state index contributed by atoms with van der Waals surface area (Å²) in [4.78, 5) is 32.6. The van der Waals surface area contributed by atoms with Gasteiger partial charge in [0.25, 0.3) is 0 Å². The fraction of sp³-hybridized carbons (Fsp3) is 0.391. The lowest BCUT2D eigenvalue weighted by molar-refractivity contribution is -0.139. The molecule has 0 aliphatic carbocycles. The molecule has 31 heavy (non-hydrogen) atoms. The van der Waals surface area contributed by atoms with E-state index in [4.69, 9.17) is 5.73 Å². The van der Waals surface area contributed by atoms with Crippen molar-refractivity contribution in [1.29, 1.82) is 0 Å². The van der Waals surface area contributed by atoms with E-state index < -0.39 is 5.41 Å². The summed E-state index contributed by atoms with van der Waals surface area (Å²) < 4.78 is 1.63. The topological polar surface area (TPSA) is 94.1 Å². The normalized spacial score (nSPS) is 15.7. The molecule has 7 nitrogen and oxygen atoms in total. The van der Waals surface area contributed by atoms with E-state index in [1.54, 1.807) is 16.0 Å². The monoisotopic (exact) mass is 437 g/mol. The number of hydrogen-bond acceptors (Lipinski definition) is 5. The Kier molecular flexibility index (Phi) is 5.91. The quantitative estimate of drug-likeness (QED) is 0.641. The Labute approximate surface area is 185 Å². The zero-order valence-corrected chi connectivity index (χ0v) is 18.7. The number of carbonyl (C=O) groups is 2. The van der Waals surface area contributed by atoms with Gasteiger partial charge in [0.15, 0.2) is 0 Å². The predicted octanol–water partition coefficient (Wildman–Crippen LogP) is 2.96. The molecule has 2 amide bonds. The van der Waals surface area contributed by atoms with E-state index in [2.05, 4.69) is 33.7 Å². The summed E-state index contributed by atoms with van der Waals surface area (Å²) in [7, 11) is 0. The van der Waals surface area contributed by atoms with Crippen LogP contribution < -0.4 is 5.73 Å². The Bertz CT molecular complexity index is 1080. The number of piperidine rings is 1. The van der Waals surface area contributed by atoms with E-state index >= 15 is 0 Å². The van der Waals surface area contributed by atoms with Crippen molar-refractivity contribution in [2.24, 2.45) is 11.1 Å². The van der Waals surface area contributed by atoms with Crippen LogP contribution in [0.1, 0.15) is 30.1 Å². The molecule has 4 rings (SSSR count). The molecule has 2 aromatic heterocycles. The first-order chi connectivity index (χ1) is 14.9. The van der Waals surface area contributed by atoms with Crippen molar-refractivity contribution in [3.8, 4) is 10.4 Å². The maximum Gasteiger partial charge on any atom is 0.244 e. The summed E-state index contributed by atoms with van der Waals surface area (Å²) in [6, 6.07) is 12.3. The van der Waals surface area contributed by atoms with Crippen LogP contribution in [-0.2, 0) is 22.6 Å². The molecule has 0 spiro atoms. The summed E-state index contributed by atoms with van der Waals surface area (Å²) in [6.07, 6.45) is 1.70. The first-order valence-electron chi connectivity index (χ1n) is 10.5. The molecule has 1 aliphatic heterocycles. The number of amides is 2. The van der Waals surface area contributed by atoms with Gasteiger partial charge in [-0.15, -0.1) is 11.3 Å². The van der Waals surface area contributed by atoms with E-state index in [0.717, 1.165) is 17.0 Å². The van der Waals surface area contributed by atoms with Crippen LogP contribution in [0.3, 0.4) is 0 Å². The average molecular weight is 438 g/mol. The molecule has 0 unspecified atom stereocenters. The Morgan fingerprint density at radius 1 is 1.13 bits per heavy atom. The molecule has 8 heteroatoms. The second-order valence-corrected chi connectivity index (χ2v) is 9.15. The van der Waals surface area contributed by atoms with E-state index in [-0.39, 0.29) is 18.4 Å². The van der Waals surface area contributed by atoms with Crippen LogP contribution in [-0.4, -0.2) is 44.6 Å². The summed E-state index contributed by atoms with van der Waals surface area (Å²) >= 11 is 1.69. The summed E-state index contributed by atoms with van der Waals surface area (Å²) in [6.45, 7) is 4.83. The van der Waals surface area contributed by atoms with Crippen LogP contribution in [0.2, 0.25) is 0 Å². The van der Waals surface area contributed by atoms with Crippen LogP contribution >= 0.6 is 11.3 Å². The second kappa shape index (κ2) is 8.63. The Morgan fingerprint density at radius 3 is 2.48 bits per heavy atom. The fourth-order valence-corrected chi connectivity index (χ4v) is 5.13. The molecule has 1 aliphatic rings. The zero-order chi connectivity index (χ0) is 22.0. The number of likely N-dealkylation sites (tertiary alicyclic amines) is 1. The standard InChI is InChI=1S/C23H27N5O2S/c1-16-25-17(2)28(26-16)15-21(29)27-11-9-23(10-12-27,22(24)30)14-18-6-3-4-7-19(18)20-8-5-13-31-20/h3-8,13H,9-12,14-15H2,1-2H3,(H2,24,30). The average Bonchev–Trinajstić information content (AvgIpc) is 3.38. The van der Waals surface area contributed by atoms with Crippen LogP contribution in [0.4, 0.5) is 0 Å². The van der Waals surface area contributed by atoms with Gasteiger partial charge >= 0.3 is 0 Å². The first kappa shape index (κ1) is 21.2. The molecule has 0 saturated carbocycles. The van der Waals surface area contributed by atoms with Gasteiger partial charge in [0.1, 0.15) is 18.2 Å². The highest BCUT2D eigenvalue weighted by Crippen LogP contribution is 2.38. The molecule has 3 heterocycles. The van der Waals surface area contributed by atoms with Crippen molar-refractivity contribution in [3.63, 3.8) is 0 Å². The lowest BCUT2D eigenvalue weighted by Crippen LogP contribution is -2.50. The lowest BCUT2D eigenvalue weighted by atomic mass is 9.72. The molecule has 1 aromatic carbocycles. The van der Waals surface area contributed by atoms with Gasteiger partial charge in [0.05, 0.1) is 5.41 Å². The minimum absolute atomic E-state index is 0.00921. The molecular formula is C23H27N5O2S. The zero-order valence-electron chi connectivity index (χ0n) is 17.9. The summed E-state index contributed by atoms with van der Waals surface area (Å²) in [5.74, 6) is 1.08. The highest BCUT2D eigenvalue weighted by Gasteiger charge is 2.41. The molecule has 2 N–H and O–H groups in total. The summed E-state index contributed by atoms with van der Waals surface area (Å²) in [5.41, 5.74) is 7.54. The van der Waals surface area contributed by atoms with Gasteiger partial charge in [-0.2, -0.15) is 5.10 Å². The van der Waals surface area contributed by atoms with E-state index in [1.807, 2.05) is 36.9 Å². The van der Waals surface area contributed by atoms with Crippen LogP contribution in [0.15, 0.2) is 41.8 Å². The molecule has 0 radical (unpaired) electrons. The second-order valence-electron chi connectivity index (χ2n) is 8.20. The number of rotatable bonds is 6. The maximum absolute atomic E-state index is 12.8. The van der Waals surface area contributed by atoms with Gasteiger partial charge in [0, 0.05) is 18.0 Å². The molecule has 1 fully saturated rings. The Balaban J connectivity index is 1.48. The van der Waals surface area contributed by atoms with E-state index in [1.165, 1.54) is 4.88 Å². The number of nitrogens with two attached hydrogens (primary N) is 1. The number of nitrogens with zero attached hydrogens (tertiary/aromatic N) is 4. The number of carbonyl (C=O) groups excluding carboxylic acids is 2. The number of aromatic nitrogens is 3. The van der Waals surface area contributed by atoms with Crippen LogP contribution in [0.5, 0.6) is 0 Å². The third-order valence-electron chi connectivity index (χ3n) is 6.18. The van der Waals surface area contributed by atoms with E-state index in [0.29, 0.717) is 38.2 Å². The molecule has 1 saturated heterocycles. The number of hydrogen-bond donors (Lipinski definition) is 1. The van der Waals surface area contributed by atoms with Crippen molar-refractivity contribution in [2.45, 2.75) is 39.7 Å². The minimum Gasteiger partial charge on any atom is -0.369 e. The first-order valence-corrected chi connectivity index (χ1v) is 11.3. The van der Waals surface area contributed by atoms with Gasteiger partial charge in [-0.25, -0.2) is 9.67 Å². The van der Waals surface area contributed by atoms with Gasteiger partial charge < -0.3 is 10.6 Å². The molecule has 3 aromatic rings. The van der Waals surface area contributed by atoms with Gasteiger partial charge in [-0.1, -0.05) is 30.3 Å². The smallest absolute Gasteiger partial charge is 0.244 e. The number of benzene rings is 1. The van der Waals surface area contributed by atoms with Crippen LogP contribution in [0.25, 0.3) is 10.4 Å². The number of primary amides is 1. The molecule has 0 atom stereocenters. The number of thiophene rings is 1. The SMILES string of the molecule is Cc1nc(C)n(CC(=O)N2CCC(Cc3ccccc3-c3cccs3)(C(N)=O)CC2)n1. The molecule has 0 bridgehead atoms. The highest BCUT2D eigenvalue weighted by atomic mass is 32.1. The fourth-order valence-electron chi connectivity index (χ4n) is 4.34. The summed E-state index contributed by atoms with van der Waals surface area (Å²) in [5, 5.41) is 6.33. The third kappa shape index (κ3) is 4.39. The van der Waals surface area contributed by atoms with Crippen molar-refractivity contribution >= 4 is 23.2 Å². The van der Waals surface area contributed by atoms with E-state index in [9.17, 15) is 9.59 Å². The van der Waals surface area contributed by atoms with Crippen LogP contribution in [0, 0.1) is 19.3 Å². The Hall–Kier alpha value is -3.00. The van der Waals surface area contributed by atoms with Gasteiger partial charge in [0.2, 0.25) is 11.8 Å². The third-order valence-corrected chi connectivity index (χ3v) is 7.08. The van der Waals surface area contributed by atoms with Crippen molar-refractivity contribution in [1.82, 2.24) is 19.7 Å². The van der Waals surface area contributed by atoms with Gasteiger partial charge in [-0.05, 0) is 55.7 Å². The highest BCUT2D eigenvalue weighted by molar-refractivity contribution is 7.13. The van der Waals surface area contributed by atoms with Gasteiger partial charge in [-0.3, -0.25) is 9.59 Å².